The molecule has 21 heavy (non-hydrogen) atoms. The Labute approximate surface area is 131 Å². The number of ether oxygens (including phenoxy) is 1. The van der Waals surface area contributed by atoms with Crippen molar-refractivity contribution in [3.8, 4) is 5.75 Å². The highest BCUT2D eigenvalue weighted by Crippen LogP contribution is 2.31. The van der Waals surface area contributed by atoms with Crippen molar-refractivity contribution < 1.29 is 14.5 Å². The van der Waals surface area contributed by atoms with Crippen LogP contribution < -0.4 is 15.8 Å². The van der Waals surface area contributed by atoms with E-state index in [0.29, 0.717) is 16.6 Å². The normalized spacial score (nSPS) is 15.0. The lowest BCUT2D eigenvalue weighted by Gasteiger charge is -2.29. The van der Waals surface area contributed by atoms with E-state index in [1.165, 1.54) is 12.1 Å². The molecule has 0 spiro atoms. The van der Waals surface area contributed by atoms with Crippen LogP contribution in [0, 0.1) is 10.1 Å². The van der Waals surface area contributed by atoms with Crippen LogP contribution in [0.25, 0.3) is 0 Å². The summed E-state index contributed by atoms with van der Waals surface area (Å²) in [7, 11) is 1.64. The number of primary amides is 1. The van der Waals surface area contributed by atoms with Gasteiger partial charge in [0.05, 0.1) is 27.1 Å². The number of hydrogen-bond acceptors (Lipinski definition) is 5. The highest BCUT2D eigenvalue weighted by Gasteiger charge is 2.32. The number of rotatable bonds is 7. The van der Waals surface area contributed by atoms with E-state index in [0.717, 1.165) is 0 Å². The van der Waals surface area contributed by atoms with E-state index in [4.69, 9.17) is 10.5 Å². The Morgan fingerprint density at radius 1 is 1.62 bits per heavy atom. The molecule has 0 aromatic heterocycles. The molecule has 0 bridgehead atoms. The van der Waals surface area contributed by atoms with Crippen LogP contribution in [0.3, 0.4) is 0 Å². The van der Waals surface area contributed by atoms with Crippen molar-refractivity contribution in [1.29, 1.82) is 0 Å². The van der Waals surface area contributed by atoms with Gasteiger partial charge in [-0.3, -0.25) is 14.9 Å². The molecule has 8 heteroatoms. The van der Waals surface area contributed by atoms with E-state index >= 15 is 0 Å². The average Bonchev–Trinajstić information content (AvgIpc) is 2.40. The standard InChI is InChI=1S/C13H18BrN3O4/c1-8(7-13(2,16-3)12(15)18)21-11-6-9(17(19)20)4-5-10(11)14/h4-6,8,16H,7H2,1-3H3,(H2,15,18). The Kier molecular flexibility index (Phi) is 5.68. The number of benzene rings is 1. The van der Waals surface area contributed by atoms with Gasteiger partial charge in [-0.25, -0.2) is 0 Å². The van der Waals surface area contributed by atoms with Crippen molar-refractivity contribution in [2.45, 2.75) is 31.9 Å². The number of amides is 1. The molecule has 1 aromatic carbocycles. The van der Waals surface area contributed by atoms with Crippen LogP contribution in [0.5, 0.6) is 5.75 Å². The van der Waals surface area contributed by atoms with Crippen molar-refractivity contribution in [1.82, 2.24) is 5.32 Å². The zero-order valence-electron chi connectivity index (χ0n) is 12.1. The van der Waals surface area contributed by atoms with Gasteiger partial charge in [0.15, 0.2) is 0 Å². The minimum absolute atomic E-state index is 0.0633. The molecule has 0 aliphatic heterocycles. The fourth-order valence-corrected chi connectivity index (χ4v) is 2.20. The van der Waals surface area contributed by atoms with E-state index < -0.39 is 16.4 Å². The number of carbonyl (C=O) groups excluding carboxylic acids is 1. The Morgan fingerprint density at radius 3 is 2.71 bits per heavy atom. The van der Waals surface area contributed by atoms with E-state index in [2.05, 4.69) is 21.2 Å². The second-order valence-electron chi connectivity index (χ2n) is 4.95. The summed E-state index contributed by atoms with van der Waals surface area (Å²) in [6, 6.07) is 4.26. The number of nitro benzene ring substituents is 1. The van der Waals surface area contributed by atoms with Crippen molar-refractivity contribution in [3.05, 3.63) is 32.8 Å². The first-order chi connectivity index (χ1) is 9.69. The third kappa shape index (κ3) is 4.40. The van der Waals surface area contributed by atoms with Gasteiger partial charge in [0.25, 0.3) is 5.69 Å². The summed E-state index contributed by atoms with van der Waals surface area (Å²) in [5.41, 5.74) is 4.39. The highest BCUT2D eigenvalue weighted by atomic mass is 79.9. The summed E-state index contributed by atoms with van der Waals surface area (Å²) < 4.78 is 6.29. The van der Waals surface area contributed by atoms with E-state index in [-0.39, 0.29) is 11.8 Å². The number of nitrogens with zero attached hydrogens (tertiary/aromatic N) is 1. The molecule has 0 aliphatic carbocycles. The van der Waals surface area contributed by atoms with Crippen molar-refractivity contribution >= 4 is 27.5 Å². The fourth-order valence-electron chi connectivity index (χ4n) is 1.86. The molecule has 1 amide bonds. The first kappa shape index (κ1) is 17.4. The van der Waals surface area contributed by atoms with E-state index in [1.54, 1.807) is 27.0 Å². The second kappa shape index (κ2) is 6.86. The molecular weight excluding hydrogens is 342 g/mol. The van der Waals surface area contributed by atoms with Crippen LogP contribution in [0.4, 0.5) is 5.69 Å². The first-order valence-electron chi connectivity index (χ1n) is 6.29. The predicted molar refractivity (Wildman–Crippen MR) is 82.2 cm³/mol. The van der Waals surface area contributed by atoms with Crippen LogP contribution in [0.15, 0.2) is 22.7 Å². The number of hydrogen-bond donors (Lipinski definition) is 2. The molecule has 2 atom stereocenters. The Balaban J connectivity index is 2.88. The van der Waals surface area contributed by atoms with Gasteiger partial charge in [0.2, 0.25) is 5.91 Å². The summed E-state index contributed by atoms with van der Waals surface area (Å²) in [5, 5.41) is 13.6. The Morgan fingerprint density at radius 2 is 2.24 bits per heavy atom. The van der Waals surface area contributed by atoms with Crippen LogP contribution in [-0.4, -0.2) is 29.5 Å². The van der Waals surface area contributed by atoms with Crippen molar-refractivity contribution in [3.63, 3.8) is 0 Å². The zero-order valence-corrected chi connectivity index (χ0v) is 13.6. The van der Waals surface area contributed by atoms with Gasteiger partial charge < -0.3 is 15.8 Å². The van der Waals surface area contributed by atoms with Gasteiger partial charge in [-0.1, -0.05) is 0 Å². The molecule has 2 unspecified atom stereocenters. The van der Waals surface area contributed by atoms with Crippen LogP contribution in [-0.2, 0) is 4.79 Å². The molecule has 116 valence electrons. The van der Waals surface area contributed by atoms with Crippen LogP contribution >= 0.6 is 15.9 Å². The number of nitro groups is 1. The molecule has 7 nitrogen and oxygen atoms in total. The minimum Gasteiger partial charge on any atom is -0.489 e. The van der Waals surface area contributed by atoms with Gasteiger partial charge in [-0.15, -0.1) is 0 Å². The van der Waals surface area contributed by atoms with Gasteiger partial charge in [0.1, 0.15) is 5.75 Å². The summed E-state index contributed by atoms with van der Waals surface area (Å²) in [5.74, 6) is -0.141. The number of nitrogens with two attached hydrogens (primary N) is 1. The van der Waals surface area contributed by atoms with Gasteiger partial charge in [-0.05, 0) is 42.9 Å². The third-order valence-corrected chi connectivity index (χ3v) is 3.90. The predicted octanol–water partition coefficient (Wildman–Crippen LogP) is 1.98. The smallest absolute Gasteiger partial charge is 0.273 e. The third-order valence-electron chi connectivity index (χ3n) is 3.25. The second-order valence-corrected chi connectivity index (χ2v) is 5.81. The first-order valence-corrected chi connectivity index (χ1v) is 7.08. The van der Waals surface area contributed by atoms with Crippen molar-refractivity contribution in [2.24, 2.45) is 5.73 Å². The number of carbonyl (C=O) groups is 1. The summed E-state index contributed by atoms with van der Waals surface area (Å²) in [6.45, 7) is 3.45. The van der Waals surface area contributed by atoms with E-state index in [1.807, 2.05) is 0 Å². The van der Waals surface area contributed by atoms with Gasteiger partial charge >= 0.3 is 0 Å². The van der Waals surface area contributed by atoms with Crippen LogP contribution in [0.2, 0.25) is 0 Å². The maximum Gasteiger partial charge on any atom is 0.273 e. The molecule has 0 saturated carbocycles. The summed E-state index contributed by atoms with van der Waals surface area (Å²) in [6.07, 6.45) is -0.0400. The maximum atomic E-state index is 11.5. The molecule has 0 fully saturated rings. The van der Waals surface area contributed by atoms with E-state index in [9.17, 15) is 14.9 Å². The lowest BCUT2D eigenvalue weighted by Crippen LogP contribution is -2.53. The SMILES string of the molecule is CNC(C)(CC(C)Oc1cc([N+](=O)[O-])ccc1Br)C(N)=O. The Hall–Kier alpha value is -1.67. The highest BCUT2D eigenvalue weighted by molar-refractivity contribution is 9.10. The largest absolute Gasteiger partial charge is 0.489 e. The number of non-ortho nitro benzene ring substituents is 1. The minimum atomic E-state index is -0.910. The molecule has 0 heterocycles. The zero-order chi connectivity index (χ0) is 16.2. The molecule has 1 aromatic rings. The molecule has 0 radical (unpaired) electrons. The monoisotopic (exact) mass is 359 g/mol. The number of halogens is 1. The Bertz CT molecular complexity index is 552. The summed E-state index contributed by atoms with van der Waals surface area (Å²) in [4.78, 5) is 21.7. The number of nitrogens with one attached hydrogen (secondary N) is 1. The fraction of sp³-hybridized carbons (Fsp3) is 0.462. The van der Waals surface area contributed by atoms with Gasteiger partial charge in [0, 0.05) is 12.5 Å². The molecular formula is C13H18BrN3O4. The topological polar surface area (TPSA) is 107 Å². The van der Waals surface area contributed by atoms with Crippen molar-refractivity contribution in [2.75, 3.05) is 7.05 Å². The maximum absolute atomic E-state index is 11.5. The molecule has 3 N–H and O–H groups in total. The number of likely N-dealkylation sites (N-methyl/N-ethyl adjacent to an activating group) is 1. The van der Waals surface area contributed by atoms with Gasteiger partial charge in [-0.2, -0.15) is 0 Å². The van der Waals surface area contributed by atoms with Crippen LogP contribution in [0.1, 0.15) is 20.3 Å². The molecule has 1 rings (SSSR count). The quantitative estimate of drug-likeness (QED) is 0.571. The average molecular weight is 360 g/mol. The molecule has 0 aliphatic rings. The lowest BCUT2D eigenvalue weighted by atomic mass is 9.94. The molecule has 0 saturated heterocycles. The summed E-state index contributed by atoms with van der Waals surface area (Å²) >= 11 is 3.28. The lowest BCUT2D eigenvalue weighted by molar-refractivity contribution is -0.385.